The van der Waals surface area contributed by atoms with Crippen LogP contribution >= 0.6 is 11.8 Å². The van der Waals surface area contributed by atoms with Crippen LogP contribution in [-0.4, -0.2) is 29.5 Å². The molecule has 100 valence electrons. The number of thioether (sulfide) groups is 1. The summed E-state index contributed by atoms with van der Waals surface area (Å²) in [5, 5.41) is 3.72. The second kappa shape index (κ2) is 7.98. The average molecular weight is 258 g/mol. The molecule has 3 nitrogen and oxygen atoms in total. The molecule has 17 heavy (non-hydrogen) atoms. The molecule has 0 bridgehead atoms. The molecule has 0 aliphatic carbocycles. The van der Waals surface area contributed by atoms with Gasteiger partial charge in [0.2, 0.25) is 5.91 Å². The maximum absolute atomic E-state index is 11.8. The Balaban J connectivity index is 2.08. The molecule has 3 N–H and O–H groups in total. The SMILES string of the molecule is CC(N)CCCC(C)C(=O)NCC1CCCS1. The molecule has 0 spiro atoms. The molecule has 0 aromatic carbocycles. The van der Waals surface area contributed by atoms with Crippen molar-refractivity contribution >= 4 is 17.7 Å². The number of nitrogens with one attached hydrogen (secondary N) is 1. The molecule has 0 radical (unpaired) electrons. The van der Waals surface area contributed by atoms with Gasteiger partial charge in [0.25, 0.3) is 0 Å². The van der Waals surface area contributed by atoms with Crippen LogP contribution in [0.2, 0.25) is 0 Å². The number of carbonyl (C=O) groups excluding carboxylic acids is 1. The van der Waals surface area contributed by atoms with Crippen molar-refractivity contribution in [3.63, 3.8) is 0 Å². The van der Waals surface area contributed by atoms with Crippen LogP contribution in [0.25, 0.3) is 0 Å². The zero-order chi connectivity index (χ0) is 12.7. The summed E-state index contributed by atoms with van der Waals surface area (Å²) in [5.74, 6) is 1.59. The van der Waals surface area contributed by atoms with Crippen molar-refractivity contribution in [3.05, 3.63) is 0 Å². The summed E-state index contributed by atoms with van der Waals surface area (Å²) in [7, 11) is 0. The minimum atomic E-state index is 0.125. The van der Waals surface area contributed by atoms with Gasteiger partial charge in [-0.3, -0.25) is 4.79 Å². The zero-order valence-corrected chi connectivity index (χ0v) is 11.9. The third-order valence-corrected chi connectivity index (χ3v) is 4.67. The van der Waals surface area contributed by atoms with E-state index in [-0.39, 0.29) is 17.9 Å². The van der Waals surface area contributed by atoms with Crippen LogP contribution in [0.15, 0.2) is 0 Å². The standard InChI is InChI=1S/C13H26N2OS/c1-10(5-3-6-11(2)14)13(16)15-9-12-7-4-8-17-12/h10-12H,3-9,14H2,1-2H3,(H,15,16). The maximum Gasteiger partial charge on any atom is 0.222 e. The molecule has 3 unspecified atom stereocenters. The summed E-state index contributed by atoms with van der Waals surface area (Å²) in [5.41, 5.74) is 5.69. The van der Waals surface area contributed by atoms with Crippen molar-refractivity contribution in [2.24, 2.45) is 11.7 Å². The van der Waals surface area contributed by atoms with E-state index >= 15 is 0 Å². The Labute approximate surface area is 109 Å². The van der Waals surface area contributed by atoms with E-state index < -0.39 is 0 Å². The lowest BCUT2D eigenvalue weighted by Crippen LogP contribution is -2.33. The Hall–Kier alpha value is -0.220. The summed E-state index contributed by atoms with van der Waals surface area (Å²) >= 11 is 1.99. The lowest BCUT2D eigenvalue weighted by Gasteiger charge is -2.15. The van der Waals surface area contributed by atoms with E-state index in [2.05, 4.69) is 5.32 Å². The number of hydrogen-bond donors (Lipinski definition) is 2. The minimum absolute atomic E-state index is 0.125. The quantitative estimate of drug-likeness (QED) is 0.735. The fraction of sp³-hybridized carbons (Fsp3) is 0.923. The van der Waals surface area contributed by atoms with Crippen LogP contribution in [0, 0.1) is 5.92 Å². The molecule has 1 heterocycles. The predicted octanol–water partition coefficient (Wildman–Crippen LogP) is 2.15. The van der Waals surface area contributed by atoms with Gasteiger partial charge in [0.15, 0.2) is 0 Å². The molecule has 1 aliphatic rings. The lowest BCUT2D eigenvalue weighted by atomic mass is 10.0. The number of hydrogen-bond acceptors (Lipinski definition) is 3. The fourth-order valence-corrected chi connectivity index (χ4v) is 3.27. The van der Waals surface area contributed by atoms with Crippen molar-refractivity contribution in [1.82, 2.24) is 5.32 Å². The van der Waals surface area contributed by atoms with Gasteiger partial charge in [0, 0.05) is 23.8 Å². The topological polar surface area (TPSA) is 55.1 Å². The van der Waals surface area contributed by atoms with Gasteiger partial charge < -0.3 is 11.1 Å². The van der Waals surface area contributed by atoms with E-state index in [4.69, 9.17) is 5.73 Å². The molecular formula is C13H26N2OS. The highest BCUT2D eigenvalue weighted by Crippen LogP contribution is 2.25. The fourth-order valence-electron chi connectivity index (χ4n) is 2.07. The van der Waals surface area contributed by atoms with Crippen LogP contribution < -0.4 is 11.1 Å². The van der Waals surface area contributed by atoms with Crippen molar-refractivity contribution in [1.29, 1.82) is 0 Å². The first-order valence-corrected chi connectivity index (χ1v) is 7.79. The number of nitrogens with two attached hydrogens (primary N) is 1. The molecule has 0 aromatic rings. The van der Waals surface area contributed by atoms with Gasteiger partial charge in [-0.25, -0.2) is 0 Å². The normalized spacial score (nSPS) is 23.4. The molecule has 4 heteroatoms. The monoisotopic (exact) mass is 258 g/mol. The molecule has 1 aliphatic heterocycles. The molecule has 0 saturated carbocycles. The Morgan fingerprint density at radius 1 is 1.47 bits per heavy atom. The van der Waals surface area contributed by atoms with Gasteiger partial charge in [0.1, 0.15) is 0 Å². The number of rotatable bonds is 7. The molecule has 1 fully saturated rings. The van der Waals surface area contributed by atoms with Gasteiger partial charge in [-0.2, -0.15) is 11.8 Å². The third-order valence-electron chi connectivity index (χ3n) is 3.27. The van der Waals surface area contributed by atoms with Crippen LogP contribution in [-0.2, 0) is 4.79 Å². The van der Waals surface area contributed by atoms with E-state index in [1.807, 2.05) is 25.6 Å². The minimum Gasteiger partial charge on any atom is -0.355 e. The van der Waals surface area contributed by atoms with Gasteiger partial charge >= 0.3 is 0 Å². The first-order valence-electron chi connectivity index (χ1n) is 6.74. The van der Waals surface area contributed by atoms with Gasteiger partial charge in [-0.05, 0) is 38.4 Å². The third kappa shape index (κ3) is 6.32. The molecule has 1 amide bonds. The lowest BCUT2D eigenvalue weighted by molar-refractivity contribution is -0.124. The predicted molar refractivity (Wildman–Crippen MR) is 75.2 cm³/mol. The summed E-state index contributed by atoms with van der Waals surface area (Å²) in [6.07, 6.45) is 5.56. The molecule has 1 rings (SSSR count). The van der Waals surface area contributed by atoms with E-state index in [9.17, 15) is 4.79 Å². The number of carbonyl (C=O) groups is 1. The Kier molecular flexibility index (Phi) is 6.97. The van der Waals surface area contributed by atoms with Crippen LogP contribution in [0.4, 0.5) is 0 Å². The van der Waals surface area contributed by atoms with Gasteiger partial charge in [-0.1, -0.05) is 13.3 Å². The van der Waals surface area contributed by atoms with Crippen LogP contribution in [0.5, 0.6) is 0 Å². The summed E-state index contributed by atoms with van der Waals surface area (Å²) < 4.78 is 0. The highest BCUT2D eigenvalue weighted by atomic mass is 32.2. The first-order chi connectivity index (χ1) is 8.09. The van der Waals surface area contributed by atoms with Crippen molar-refractivity contribution < 1.29 is 4.79 Å². The van der Waals surface area contributed by atoms with Crippen molar-refractivity contribution in [3.8, 4) is 0 Å². The first kappa shape index (κ1) is 14.8. The highest BCUT2D eigenvalue weighted by Gasteiger charge is 2.18. The molecule has 1 saturated heterocycles. The van der Waals surface area contributed by atoms with E-state index in [0.717, 1.165) is 25.8 Å². The van der Waals surface area contributed by atoms with Crippen LogP contribution in [0.3, 0.4) is 0 Å². The summed E-state index contributed by atoms with van der Waals surface area (Å²) in [6, 6.07) is 0.250. The second-order valence-electron chi connectivity index (χ2n) is 5.19. The van der Waals surface area contributed by atoms with Crippen LogP contribution in [0.1, 0.15) is 46.0 Å². The van der Waals surface area contributed by atoms with Crippen molar-refractivity contribution in [2.75, 3.05) is 12.3 Å². The zero-order valence-electron chi connectivity index (χ0n) is 11.1. The summed E-state index contributed by atoms with van der Waals surface area (Å²) in [4.78, 5) is 11.8. The maximum atomic E-state index is 11.8. The average Bonchev–Trinajstić information content (AvgIpc) is 2.78. The van der Waals surface area contributed by atoms with E-state index in [1.165, 1.54) is 18.6 Å². The van der Waals surface area contributed by atoms with Crippen molar-refractivity contribution in [2.45, 2.75) is 57.2 Å². The Bertz CT molecular complexity index is 227. The second-order valence-corrected chi connectivity index (χ2v) is 6.60. The molecular weight excluding hydrogens is 232 g/mol. The van der Waals surface area contributed by atoms with E-state index in [0.29, 0.717) is 5.25 Å². The number of amides is 1. The molecule has 0 aromatic heterocycles. The molecule has 3 atom stereocenters. The Morgan fingerprint density at radius 2 is 2.24 bits per heavy atom. The highest BCUT2D eigenvalue weighted by molar-refractivity contribution is 8.00. The Morgan fingerprint density at radius 3 is 2.82 bits per heavy atom. The summed E-state index contributed by atoms with van der Waals surface area (Å²) in [6.45, 7) is 4.88. The van der Waals surface area contributed by atoms with E-state index in [1.54, 1.807) is 0 Å². The smallest absolute Gasteiger partial charge is 0.222 e. The van der Waals surface area contributed by atoms with Gasteiger partial charge in [0.05, 0.1) is 0 Å². The largest absolute Gasteiger partial charge is 0.355 e. The van der Waals surface area contributed by atoms with Gasteiger partial charge in [-0.15, -0.1) is 0 Å².